The Kier molecular flexibility index (Phi) is 22.0. The first-order valence-electron chi connectivity index (χ1n) is 14.9. The molecule has 0 aliphatic carbocycles. The normalized spacial score (nSPS) is 11.1. The zero-order valence-corrected chi connectivity index (χ0v) is 26.4. The zero-order valence-electron chi connectivity index (χ0n) is 26.4. The number of aryl methyl sites for hydroxylation is 1. The van der Waals surface area contributed by atoms with Crippen molar-refractivity contribution < 1.29 is 9.18 Å². The second kappa shape index (κ2) is 24.1. The lowest BCUT2D eigenvalue weighted by Gasteiger charge is -2.18. The molecule has 0 atom stereocenters. The molecule has 226 valence electrons. The van der Waals surface area contributed by atoms with Gasteiger partial charge in [-0.2, -0.15) is 5.10 Å². The van der Waals surface area contributed by atoms with Crippen molar-refractivity contribution in [1.29, 1.82) is 0 Å². The Morgan fingerprint density at radius 2 is 1.59 bits per heavy atom. The minimum Gasteiger partial charge on any atom is -0.358 e. The van der Waals surface area contributed by atoms with Crippen LogP contribution in [0.5, 0.6) is 0 Å². The molecule has 0 fully saturated rings. The summed E-state index contributed by atoms with van der Waals surface area (Å²) in [5.41, 5.74) is 2.27. The standard InChI is InChI=1S/C15H22N4.C8H12N2O.C6H5F.2C2H6/c1-4-7-13(8-5-2)14-11-12(3)18-19(14)15-16-9-6-10-17-15;1-8(11)3-6-10-5-2-4-9-7-10;7-6-4-2-1-3-5-6;2*1-2/h6,9-11,13H,4-5,7-8H2,1-3H3;2,4-5H,3,6-7H2,1H3;1-5H;2*1-2H3. The van der Waals surface area contributed by atoms with Crippen molar-refractivity contribution in [1.82, 2.24) is 24.6 Å². The van der Waals surface area contributed by atoms with Crippen molar-refractivity contribution in [3.05, 3.63) is 84.3 Å². The van der Waals surface area contributed by atoms with E-state index in [9.17, 15) is 9.18 Å². The fraction of sp³-hybridized carbons (Fsp3) is 0.485. The largest absolute Gasteiger partial charge is 0.358 e. The van der Waals surface area contributed by atoms with Crippen LogP contribution in [0.3, 0.4) is 0 Å². The van der Waals surface area contributed by atoms with Crippen LogP contribution in [0.4, 0.5) is 4.39 Å². The number of hydrogen-bond donors (Lipinski definition) is 0. The molecule has 7 nitrogen and oxygen atoms in total. The van der Waals surface area contributed by atoms with Crippen molar-refractivity contribution in [3.63, 3.8) is 0 Å². The van der Waals surface area contributed by atoms with Crippen LogP contribution in [0.1, 0.15) is 97.9 Å². The van der Waals surface area contributed by atoms with E-state index in [4.69, 9.17) is 0 Å². The summed E-state index contributed by atoms with van der Waals surface area (Å²) < 4.78 is 13.8. The van der Waals surface area contributed by atoms with Gasteiger partial charge in [0, 0.05) is 43.7 Å². The molecule has 0 radical (unpaired) electrons. The Hall–Kier alpha value is -3.68. The minimum atomic E-state index is -0.178. The second-order valence-electron chi connectivity index (χ2n) is 8.82. The lowest BCUT2D eigenvalue weighted by molar-refractivity contribution is -0.117. The van der Waals surface area contributed by atoms with E-state index in [1.54, 1.807) is 43.7 Å². The van der Waals surface area contributed by atoms with Crippen LogP contribution < -0.4 is 0 Å². The smallest absolute Gasteiger partial charge is 0.250 e. The summed E-state index contributed by atoms with van der Waals surface area (Å²) in [6.07, 6.45) is 14.5. The van der Waals surface area contributed by atoms with Gasteiger partial charge in [-0.3, -0.25) is 9.79 Å². The van der Waals surface area contributed by atoms with Crippen LogP contribution in [-0.2, 0) is 4.79 Å². The van der Waals surface area contributed by atoms with Crippen molar-refractivity contribution in [2.45, 2.75) is 93.4 Å². The molecule has 0 saturated heterocycles. The molecule has 0 N–H and O–H groups in total. The molecule has 1 aliphatic heterocycles. The predicted octanol–water partition coefficient (Wildman–Crippen LogP) is 8.36. The van der Waals surface area contributed by atoms with Gasteiger partial charge in [0.05, 0.1) is 11.4 Å². The van der Waals surface area contributed by atoms with Crippen molar-refractivity contribution in [3.8, 4) is 5.95 Å². The van der Waals surface area contributed by atoms with Crippen LogP contribution in [0, 0.1) is 12.7 Å². The molecule has 3 aromatic rings. The van der Waals surface area contributed by atoms with Crippen LogP contribution in [0.15, 0.2) is 72.1 Å². The monoisotopic (exact) mass is 566 g/mol. The molecular formula is C33H51FN6O. The van der Waals surface area contributed by atoms with Gasteiger partial charge in [-0.25, -0.2) is 19.0 Å². The molecule has 0 saturated carbocycles. The van der Waals surface area contributed by atoms with Gasteiger partial charge < -0.3 is 4.90 Å². The first kappa shape index (κ1) is 37.3. The van der Waals surface area contributed by atoms with Crippen LogP contribution >= 0.6 is 0 Å². The van der Waals surface area contributed by atoms with Crippen LogP contribution in [0.25, 0.3) is 5.95 Å². The fourth-order valence-electron chi connectivity index (χ4n) is 3.79. The maximum absolute atomic E-state index is 11.9. The lowest BCUT2D eigenvalue weighted by Crippen LogP contribution is -2.22. The highest BCUT2D eigenvalue weighted by Crippen LogP contribution is 2.28. The zero-order chi connectivity index (χ0) is 30.9. The van der Waals surface area contributed by atoms with E-state index in [0.717, 1.165) is 12.2 Å². The highest BCUT2D eigenvalue weighted by molar-refractivity contribution is 5.75. The first-order chi connectivity index (χ1) is 19.9. The van der Waals surface area contributed by atoms with Gasteiger partial charge in [0.2, 0.25) is 0 Å². The van der Waals surface area contributed by atoms with Crippen molar-refractivity contribution >= 4 is 12.0 Å². The number of allylic oxidation sites excluding steroid dienone is 1. The fourth-order valence-corrected chi connectivity index (χ4v) is 3.79. The topological polar surface area (TPSA) is 76.3 Å². The number of benzene rings is 1. The molecular weight excluding hydrogens is 515 g/mol. The number of hydrogen-bond acceptors (Lipinski definition) is 6. The molecule has 0 amide bonds. The van der Waals surface area contributed by atoms with Crippen LogP contribution in [0.2, 0.25) is 0 Å². The number of Topliss-reactive ketones (excluding diaryl/α,β-unsaturated/α-hetero) is 1. The van der Waals surface area contributed by atoms with Crippen LogP contribution in [-0.4, -0.2) is 49.9 Å². The predicted molar refractivity (Wildman–Crippen MR) is 170 cm³/mol. The summed E-state index contributed by atoms with van der Waals surface area (Å²) >= 11 is 0. The van der Waals surface area contributed by atoms with E-state index in [1.807, 2.05) is 62.5 Å². The third kappa shape index (κ3) is 16.2. The molecule has 0 bridgehead atoms. The lowest BCUT2D eigenvalue weighted by atomic mass is 9.94. The van der Waals surface area contributed by atoms with E-state index in [1.165, 1.54) is 43.5 Å². The van der Waals surface area contributed by atoms with Gasteiger partial charge in [-0.15, -0.1) is 0 Å². The Morgan fingerprint density at radius 3 is 2.05 bits per heavy atom. The number of carbonyl (C=O) groups is 1. The third-order valence-corrected chi connectivity index (χ3v) is 5.53. The summed E-state index contributed by atoms with van der Waals surface area (Å²) in [6, 6.07) is 11.9. The average Bonchev–Trinajstić information content (AvgIpc) is 3.41. The quantitative estimate of drug-likeness (QED) is 0.260. The summed E-state index contributed by atoms with van der Waals surface area (Å²) in [7, 11) is 0. The second-order valence-corrected chi connectivity index (χ2v) is 8.82. The molecule has 8 heteroatoms. The number of aliphatic imine (C=N–C) groups is 1. The van der Waals surface area contributed by atoms with E-state index >= 15 is 0 Å². The molecule has 3 heterocycles. The third-order valence-electron chi connectivity index (χ3n) is 5.53. The van der Waals surface area contributed by atoms with Gasteiger partial charge in [0.25, 0.3) is 5.95 Å². The number of halogens is 1. The summed E-state index contributed by atoms with van der Waals surface area (Å²) in [6.45, 7) is 17.6. The van der Waals surface area contributed by atoms with Gasteiger partial charge >= 0.3 is 0 Å². The highest BCUT2D eigenvalue weighted by atomic mass is 19.1. The maximum atomic E-state index is 11.9. The van der Waals surface area contributed by atoms with E-state index in [2.05, 4.69) is 40.0 Å². The van der Waals surface area contributed by atoms with Crippen molar-refractivity contribution in [2.24, 2.45) is 4.99 Å². The maximum Gasteiger partial charge on any atom is 0.250 e. The molecule has 0 spiro atoms. The Bertz CT molecular complexity index is 1090. The number of nitrogens with zero attached hydrogens (tertiary/aromatic N) is 6. The SMILES string of the molecule is CC.CC.CC(=O)CCN1C=CC=NC1.CCCC(CCC)c1cc(C)nn1-c1ncccn1.Fc1ccccc1. The molecule has 41 heavy (non-hydrogen) atoms. The molecule has 1 aliphatic rings. The number of aromatic nitrogens is 4. The van der Waals surface area contributed by atoms with Gasteiger partial charge in [-0.05, 0) is 57.0 Å². The Balaban J connectivity index is 0.000000613. The first-order valence-corrected chi connectivity index (χ1v) is 14.9. The molecule has 1 aromatic carbocycles. The summed E-state index contributed by atoms with van der Waals surface area (Å²) in [4.78, 5) is 25.3. The minimum absolute atomic E-state index is 0.178. The number of ketones is 1. The molecule has 4 rings (SSSR count). The van der Waals surface area contributed by atoms with E-state index in [-0.39, 0.29) is 11.6 Å². The molecule has 0 unspecified atom stereocenters. The van der Waals surface area contributed by atoms with Gasteiger partial charge in [0.1, 0.15) is 18.3 Å². The highest BCUT2D eigenvalue weighted by Gasteiger charge is 2.18. The number of rotatable bonds is 9. The molecule has 2 aromatic heterocycles. The van der Waals surface area contributed by atoms with Gasteiger partial charge in [-0.1, -0.05) is 72.6 Å². The van der Waals surface area contributed by atoms with E-state index in [0.29, 0.717) is 25.0 Å². The number of carbonyl (C=O) groups excluding carboxylic acids is 1. The Morgan fingerprint density at radius 1 is 0.976 bits per heavy atom. The summed E-state index contributed by atoms with van der Waals surface area (Å²) in [5, 5.41) is 4.56. The van der Waals surface area contributed by atoms with E-state index < -0.39 is 0 Å². The average molecular weight is 567 g/mol. The summed E-state index contributed by atoms with van der Waals surface area (Å²) in [5.74, 6) is 1.26. The Labute approximate surface area is 247 Å². The van der Waals surface area contributed by atoms with Gasteiger partial charge in [0.15, 0.2) is 0 Å². The van der Waals surface area contributed by atoms with Crippen molar-refractivity contribution in [2.75, 3.05) is 13.2 Å².